The van der Waals surface area contributed by atoms with Gasteiger partial charge in [-0.3, -0.25) is 14.9 Å². The van der Waals surface area contributed by atoms with Crippen LogP contribution in [0.2, 0.25) is 0 Å². The molecule has 1 aliphatic heterocycles. The zero-order valence-corrected chi connectivity index (χ0v) is 15.5. The maximum atomic E-state index is 11.7. The topological polar surface area (TPSA) is 100 Å². The van der Waals surface area contributed by atoms with Gasteiger partial charge in [0.2, 0.25) is 0 Å². The molecule has 0 unspecified atom stereocenters. The second-order valence-corrected chi connectivity index (χ2v) is 7.10. The molecule has 0 spiro atoms. The van der Waals surface area contributed by atoms with Crippen molar-refractivity contribution in [3.8, 4) is 0 Å². The van der Waals surface area contributed by atoms with E-state index < -0.39 is 4.92 Å². The van der Waals surface area contributed by atoms with Crippen molar-refractivity contribution in [1.82, 2.24) is 10.3 Å². The Balaban J connectivity index is 1.70. The van der Waals surface area contributed by atoms with Crippen molar-refractivity contribution in [2.75, 3.05) is 30.4 Å². The van der Waals surface area contributed by atoms with E-state index in [1.165, 1.54) is 13.1 Å². The SMILES string of the molecule is CNC(=O)c1ccc(N2CCC(Nc3nc(C)cs3)CC2)c([N+](=O)[O-])c1. The van der Waals surface area contributed by atoms with E-state index in [1.54, 1.807) is 23.5 Å². The number of anilines is 2. The van der Waals surface area contributed by atoms with E-state index in [1.807, 2.05) is 17.2 Å². The first-order valence-corrected chi connectivity index (χ1v) is 9.30. The highest BCUT2D eigenvalue weighted by atomic mass is 32.1. The summed E-state index contributed by atoms with van der Waals surface area (Å²) in [4.78, 5) is 29.2. The Kier molecular flexibility index (Phi) is 5.36. The summed E-state index contributed by atoms with van der Waals surface area (Å²) in [5.41, 5.74) is 1.82. The lowest BCUT2D eigenvalue weighted by atomic mass is 10.0. The first-order chi connectivity index (χ1) is 12.5. The van der Waals surface area contributed by atoms with Gasteiger partial charge in [0.1, 0.15) is 5.69 Å². The third-order valence-corrected chi connectivity index (χ3v) is 5.33. The molecule has 138 valence electrons. The summed E-state index contributed by atoms with van der Waals surface area (Å²) < 4.78 is 0. The zero-order valence-electron chi connectivity index (χ0n) is 14.7. The van der Waals surface area contributed by atoms with Gasteiger partial charge in [0.15, 0.2) is 5.13 Å². The minimum Gasteiger partial charge on any atom is -0.366 e. The molecule has 0 bridgehead atoms. The molecule has 1 aliphatic rings. The lowest BCUT2D eigenvalue weighted by Crippen LogP contribution is -2.39. The van der Waals surface area contributed by atoms with Crippen LogP contribution < -0.4 is 15.5 Å². The Hall–Kier alpha value is -2.68. The number of hydrogen-bond donors (Lipinski definition) is 2. The predicted octanol–water partition coefficient (Wildman–Crippen LogP) is 2.80. The molecule has 0 atom stereocenters. The fraction of sp³-hybridized carbons (Fsp3) is 0.412. The normalized spacial score (nSPS) is 14.9. The van der Waals surface area contributed by atoms with E-state index >= 15 is 0 Å². The highest BCUT2D eigenvalue weighted by Crippen LogP contribution is 2.32. The Morgan fingerprint density at radius 3 is 2.69 bits per heavy atom. The average molecular weight is 375 g/mol. The van der Waals surface area contributed by atoms with Gasteiger partial charge in [-0.1, -0.05) is 0 Å². The molecule has 2 N–H and O–H groups in total. The molecule has 3 rings (SSSR count). The number of thiazole rings is 1. The van der Waals surface area contributed by atoms with Gasteiger partial charge in [-0.05, 0) is 31.9 Å². The van der Waals surface area contributed by atoms with Gasteiger partial charge in [0, 0.05) is 43.2 Å². The van der Waals surface area contributed by atoms with Gasteiger partial charge < -0.3 is 15.5 Å². The van der Waals surface area contributed by atoms with Gasteiger partial charge in [0.25, 0.3) is 11.6 Å². The molecule has 1 aromatic carbocycles. The van der Waals surface area contributed by atoms with E-state index in [-0.39, 0.29) is 11.6 Å². The maximum absolute atomic E-state index is 11.7. The number of nitrogens with zero attached hydrogens (tertiary/aromatic N) is 3. The standard InChI is InChI=1S/C17H21N5O3S/c1-11-10-26-17(19-11)20-13-5-7-21(8-6-13)14-4-3-12(16(23)18-2)9-15(14)22(24)25/h3-4,9-10,13H,5-8H2,1-2H3,(H,18,23)(H,19,20). The van der Waals surface area contributed by atoms with E-state index in [0.717, 1.165) is 23.7 Å². The first kappa shape index (κ1) is 18.1. The second-order valence-electron chi connectivity index (χ2n) is 6.24. The number of nitrogens with one attached hydrogen (secondary N) is 2. The Bertz CT molecular complexity index is 814. The van der Waals surface area contributed by atoms with Gasteiger partial charge in [-0.2, -0.15) is 0 Å². The van der Waals surface area contributed by atoms with E-state index in [2.05, 4.69) is 15.6 Å². The summed E-state index contributed by atoms with van der Waals surface area (Å²) in [5, 5.41) is 20.3. The number of piperidine rings is 1. The lowest BCUT2D eigenvalue weighted by Gasteiger charge is -2.33. The molecule has 1 fully saturated rings. The molecule has 0 radical (unpaired) electrons. The van der Waals surface area contributed by atoms with Gasteiger partial charge in [0.05, 0.1) is 10.6 Å². The minimum absolute atomic E-state index is 0.0342. The third-order valence-electron chi connectivity index (χ3n) is 4.44. The van der Waals surface area contributed by atoms with Crippen LogP contribution in [0.25, 0.3) is 0 Å². The number of carbonyl (C=O) groups is 1. The third kappa shape index (κ3) is 3.93. The van der Waals surface area contributed by atoms with Crippen molar-refractivity contribution in [1.29, 1.82) is 0 Å². The second kappa shape index (κ2) is 7.69. The Morgan fingerprint density at radius 1 is 1.38 bits per heavy atom. The quantitative estimate of drug-likeness (QED) is 0.616. The smallest absolute Gasteiger partial charge is 0.293 e. The molecule has 1 aromatic heterocycles. The fourth-order valence-electron chi connectivity index (χ4n) is 3.08. The summed E-state index contributed by atoms with van der Waals surface area (Å²) in [6.07, 6.45) is 1.74. The van der Waals surface area contributed by atoms with Crippen molar-refractivity contribution in [2.45, 2.75) is 25.8 Å². The number of benzene rings is 1. The molecule has 26 heavy (non-hydrogen) atoms. The summed E-state index contributed by atoms with van der Waals surface area (Å²) in [6.45, 7) is 3.39. The number of nitro groups is 1. The maximum Gasteiger partial charge on any atom is 0.293 e. The van der Waals surface area contributed by atoms with Crippen LogP contribution in [0.4, 0.5) is 16.5 Å². The fourth-order valence-corrected chi connectivity index (χ4v) is 3.85. The molecule has 8 nitrogen and oxygen atoms in total. The van der Waals surface area contributed by atoms with Crippen molar-refractivity contribution in [3.63, 3.8) is 0 Å². The van der Waals surface area contributed by atoms with Crippen molar-refractivity contribution >= 4 is 33.8 Å². The number of rotatable bonds is 5. The van der Waals surface area contributed by atoms with Crippen LogP contribution in [0.15, 0.2) is 23.6 Å². The van der Waals surface area contributed by atoms with Crippen LogP contribution in [-0.4, -0.2) is 42.0 Å². The predicted molar refractivity (Wildman–Crippen MR) is 102 cm³/mol. The van der Waals surface area contributed by atoms with Crippen molar-refractivity contribution in [3.05, 3.63) is 45.0 Å². The van der Waals surface area contributed by atoms with Crippen molar-refractivity contribution < 1.29 is 9.72 Å². The number of aryl methyl sites for hydroxylation is 1. The van der Waals surface area contributed by atoms with Crippen LogP contribution in [0.3, 0.4) is 0 Å². The average Bonchev–Trinajstić information content (AvgIpc) is 3.06. The molecule has 1 amide bonds. The van der Waals surface area contributed by atoms with E-state index in [9.17, 15) is 14.9 Å². The molecule has 2 aromatic rings. The summed E-state index contributed by atoms with van der Waals surface area (Å²) in [7, 11) is 1.50. The van der Waals surface area contributed by atoms with Gasteiger partial charge in [-0.15, -0.1) is 11.3 Å². The van der Waals surface area contributed by atoms with Crippen molar-refractivity contribution in [2.24, 2.45) is 0 Å². The lowest BCUT2D eigenvalue weighted by molar-refractivity contribution is -0.384. The van der Waals surface area contributed by atoms with Gasteiger partial charge in [-0.25, -0.2) is 4.98 Å². The summed E-state index contributed by atoms with van der Waals surface area (Å²) in [5.74, 6) is -0.332. The Morgan fingerprint density at radius 2 is 2.12 bits per heavy atom. The highest BCUT2D eigenvalue weighted by Gasteiger charge is 2.26. The number of amides is 1. The van der Waals surface area contributed by atoms with E-state index in [0.29, 0.717) is 30.4 Å². The summed E-state index contributed by atoms with van der Waals surface area (Å²) in [6, 6.07) is 4.95. The molecular formula is C17H21N5O3S. The van der Waals surface area contributed by atoms with E-state index in [4.69, 9.17) is 0 Å². The molecular weight excluding hydrogens is 354 g/mol. The van der Waals surface area contributed by atoms with Crippen LogP contribution in [0.5, 0.6) is 0 Å². The van der Waals surface area contributed by atoms with Crippen LogP contribution >= 0.6 is 11.3 Å². The molecule has 0 saturated carbocycles. The highest BCUT2D eigenvalue weighted by molar-refractivity contribution is 7.13. The number of hydrogen-bond acceptors (Lipinski definition) is 7. The molecule has 1 saturated heterocycles. The monoisotopic (exact) mass is 375 g/mol. The zero-order chi connectivity index (χ0) is 18.7. The minimum atomic E-state index is -0.426. The van der Waals surface area contributed by atoms with Crippen LogP contribution in [0.1, 0.15) is 28.9 Å². The number of carbonyl (C=O) groups excluding carboxylic acids is 1. The van der Waals surface area contributed by atoms with Gasteiger partial charge >= 0.3 is 0 Å². The number of aromatic nitrogens is 1. The summed E-state index contributed by atoms with van der Waals surface area (Å²) >= 11 is 1.59. The number of nitro benzene ring substituents is 1. The molecule has 9 heteroatoms. The molecule has 2 heterocycles. The largest absolute Gasteiger partial charge is 0.366 e. The first-order valence-electron chi connectivity index (χ1n) is 8.42. The molecule has 0 aliphatic carbocycles. The van der Waals surface area contributed by atoms with Crippen LogP contribution in [-0.2, 0) is 0 Å². The van der Waals surface area contributed by atoms with Crippen LogP contribution in [0, 0.1) is 17.0 Å². The Labute approximate surface area is 155 Å².